The van der Waals surface area contributed by atoms with Crippen LogP contribution >= 0.6 is 0 Å². The Morgan fingerprint density at radius 1 is 1.11 bits per heavy atom. The molecule has 2 aromatic heterocycles. The number of aromatic hydroxyl groups is 1. The van der Waals surface area contributed by atoms with Crippen LogP contribution in [0.4, 0.5) is 4.79 Å². The van der Waals surface area contributed by atoms with E-state index in [2.05, 4.69) is 24.4 Å². The lowest BCUT2D eigenvalue weighted by Gasteiger charge is -2.11. The van der Waals surface area contributed by atoms with Crippen LogP contribution in [-0.4, -0.2) is 22.1 Å². The van der Waals surface area contributed by atoms with Crippen molar-refractivity contribution in [2.24, 2.45) is 0 Å². The summed E-state index contributed by atoms with van der Waals surface area (Å²) in [5, 5.41) is 22.1. The number of allylic oxidation sites excluding steroid dienone is 2. The molecular formula is C30H35NO7. The van der Waals surface area contributed by atoms with E-state index in [4.69, 9.17) is 13.9 Å². The predicted octanol–water partition coefficient (Wildman–Crippen LogP) is 7.17. The van der Waals surface area contributed by atoms with E-state index >= 15 is 0 Å². The molecule has 38 heavy (non-hydrogen) atoms. The quantitative estimate of drug-likeness (QED) is 0.123. The summed E-state index contributed by atoms with van der Waals surface area (Å²) in [6.07, 6.45) is 10.2. The van der Waals surface area contributed by atoms with E-state index in [9.17, 15) is 19.5 Å². The third kappa shape index (κ3) is 7.71. The molecule has 3 aromatic rings. The van der Waals surface area contributed by atoms with E-state index in [0.717, 1.165) is 18.2 Å². The maximum Gasteiger partial charge on any atom is 0.408 e. The molecule has 0 fully saturated rings. The Morgan fingerprint density at radius 3 is 2.61 bits per heavy atom. The van der Waals surface area contributed by atoms with Crippen LogP contribution in [0.3, 0.4) is 0 Å². The monoisotopic (exact) mass is 521 g/mol. The van der Waals surface area contributed by atoms with E-state index in [0.29, 0.717) is 24.2 Å². The van der Waals surface area contributed by atoms with Gasteiger partial charge in [-0.25, -0.2) is 9.59 Å². The van der Waals surface area contributed by atoms with Gasteiger partial charge in [0, 0.05) is 29.1 Å². The average molecular weight is 522 g/mol. The number of furan rings is 1. The van der Waals surface area contributed by atoms with Gasteiger partial charge in [0.05, 0.1) is 0 Å². The van der Waals surface area contributed by atoms with Crippen LogP contribution in [0, 0.1) is 0 Å². The van der Waals surface area contributed by atoms with Crippen molar-refractivity contribution in [2.75, 3.05) is 0 Å². The molecule has 1 atom stereocenters. The number of rotatable bonds is 13. The fourth-order valence-corrected chi connectivity index (χ4v) is 4.22. The van der Waals surface area contributed by atoms with Crippen molar-refractivity contribution in [1.29, 1.82) is 0 Å². The Bertz CT molecular complexity index is 1390. The van der Waals surface area contributed by atoms with Crippen molar-refractivity contribution < 1.29 is 28.6 Å². The molecule has 3 rings (SSSR count). The maximum atomic E-state index is 13.0. The van der Waals surface area contributed by atoms with Crippen molar-refractivity contribution in [3.63, 3.8) is 0 Å². The number of carbonyl (C=O) groups excluding carboxylic acids is 1. The Balaban J connectivity index is 1.71. The number of hydrogen-bond acceptors (Lipinski definition) is 6. The molecule has 0 aliphatic heterocycles. The first-order valence-electron chi connectivity index (χ1n) is 13.0. The number of carboxylic acid groups (broad SMARTS) is 1. The number of carbonyl (C=O) groups is 2. The summed E-state index contributed by atoms with van der Waals surface area (Å²) in [5.41, 5.74) is 0.838. The van der Waals surface area contributed by atoms with Crippen LogP contribution in [0.15, 0.2) is 61.8 Å². The topological polar surface area (TPSA) is 130 Å². The smallest absolute Gasteiger partial charge is 0.408 e. The highest BCUT2D eigenvalue weighted by atomic mass is 16.4. The van der Waals surface area contributed by atoms with Crippen LogP contribution in [-0.2, 0) is 6.42 Å². The zero-order valence-corrected chi connectivity index (χ0v) is 22.1. The minimum absolute atomic E-state index is 0.225. The van der Waals surface area contributed by atoms with Gasteiger partial charge in [-0.1, -0.05) is 45.3 Å². The lowest BCUT2D eigenvalue weighted by atomic mass is 9.99. The van der Waals surface area contributed by atoms with E-state index in [1.807, 2.05) is 12.1 Å². The van der Waals surface area contributed by atoms with Gasteiger partial charge in [0.2, 0.25) is 0 Å². The number of hydrogen-bond donors (Lipinski definition) is 3. The van der Waals surface area contributed by atoms with Crippen molar-refractivity contribution in [1.82, 2.24) is 5.32 Å². The molecule has 1 unspecified atom stereocenters. The Morgan fingerprint density at radius 2 is 1.89 bits per heavy atom. The highest BCUT2D eigenvalue weighted by Gasteiger charge is 2.22. The molecule has 3 N–H and O–H groups in total. The van der Waals surface area contributed by atoms with Gasteiger partial charge in [0.15, 0.2) is 5.78 Å². The first-order valence-corrected chi connectivity index (χ1v) is 13.0. The lowest BCUT2D eigenvalue weighted by molar-refractivity contribution is 0.102. The van der Waals surface area contributed by atoms with Gasteiger partial charge >= 0.3 is 11.7 Å². The number of amides is 1. The zero-order valence-electron chi connectivity index (χ0n) is 22.1. The molecule has 0 aliphatic carbocycles. The summed E-state index contributed by atoms with van der Waals surface area (Å²) in [6, 6.07) is 9.22. The van der Waals surface area contributed by atoms with Gasteiger partial charge in [-0.15, -0.1) is 0 Å². The van der Waals surface area contributed by atoms with Crippen molar-refractivity contribution in [2.45, 2.75) is 71.6 Å². The van der Waals surface area contributed by atoms with Crippen molar-refractivity contribution >= 4 is 28.9 Å². The molecular weight excluding hydrogens is 486 g/mol. The van der Waals surface area contributed by atoms with E-state index in [1.54, 1.807) is 26.0 Å². The van der Waals surface area contributed by atoms with E-state index in [-0.39, 0.29) is 17.3 Å². The third-order valence-electron chi connectivity index (χ3n) is 6.39. The SMILES string of the molecule is CCCCCCc1ccc2oc(/C=C(\C)C(=O)c3c(O)cc(C(C)CCC=CNC(=O)O)oc3=O)cc2c1. The second kappa shape index (κ2) is 13.5. The molecule has 0 bridgehead atoms. The van der Waals surface area contributed by atoms with Crippen LogP contribution in [0.2, 0.25) is 0 Å². The molecule has 1 amide bonds. The fourth-order valence-electron chi connectivity index (χ4n) is 4.22. The standard InChI is InChI=1S/C30H35NO7/c1-4-5-6-7-11-21-12-13-25-22(16-21)17-23(37-25)15-20(3)28(33)27-24(32)18-26(38-29(27)34)19(2)10-8-9-14-31-30(35)36/h9,12-19,31-32H,4-8,10-11H2,1-3H3,(H,35,36)/b14-9?,20-15+. The number of aryl methyl sites for hydroxylation is 1. The largest absolute Gasteiger partial charge is 0.507 e. The minimum atomic E-state index is -1.16. The first kappa shape index (κ1) is 28.5. The number of ketones is 1. The second-order valence-corrected chi connectivity index (χ2v) is 9.51. The van der Waals surface area contributed by atoms with Crippen LogP contribution < -0.4 is 10.9 Å². The second-order valence-electron chi connectivity index (χ2n) is 9.51. The number of nitrogens with one attached hydrogen (secondary N) is 1. The first-order chi connectivity index (χ1) is 18.2. The van der Waals surface area contributed by atoms with Gasteiger partial charge in [0.1, 0.15) is 28.4 Å². The van der Waals surface area contributed by atoms with Gasteiger partial charge < -0.3 is 19.0 Å². The van der Waals surface area contributed by atoms with Crippen LogP contribution in [0.25, 0.3) is 17.0 Å². The van der Waals surface area contributed by atoms with Gasteiger partial charge in [0.25, 0.3) is 0 Å². The van der Waals surface area contributed by atoms with E-state index < -0.39 is 28.8 Å². The molecule has 8 heteroatoms. The van der Waals surface area contributed by atoms with Gasteiger partial charge in [-0.3, -0.25) is 10.1 Å². The number of benzene rings is 1. The molecule has 1 aromatic carbocycles. The normalized spacial score (nSPS) is 12.8. The highest BCUT2D eigenvalue weighted by Crippen LogP contribution is 2.27. The van der Waals surface area contributed by atoms with Crippen molar-refractivity contribution in [3.8, 4) is 5.75 Å². The molecule has 2 heterocycles. The molecule has 8 nitrogen and oxygen atoms in total. The van der Waals surface area contributed by atoms with Crippen molar-refractivity contribution in [3.05, 3.63) is 81.2 Å². The molecule has 0 saturated heterocycles. The molecule has 0 radical (unpaired) electrons. The van der Waals surface area contributed by atoms with E-state index in [1.165, 1.54) is 37.1 Å². The summed E-state index contributed by atoms with van der Waals surface area (Å²) in [5.74, 6) is -0.603. The summed E-state index contributed by atoms with van der Waals surface area (Å²) in [4.78, 5) is 36.1. The summed E-state index contributed by atoms with van der Waals surface area (Å²) in [7, 11) is 0. The summed E-state index contributed by atoms with van der Waals surface area (Å²) in [6.45, 7) is 5.55. The van der Waals surface area contributed by atoms with Crippen LogP contribution in [0.5, 0.6) is 5.75 Å². The number of Topliss-reactive ketones (excluding diaryl/α,β-unsaturated/α-hetero) is 1. The fraction of sp³-hybridized carbons (Fsp3) is 0.367. The number of fused-ring (bicyclic) bond motifs is 1. The predicted molar refractivity (Wildman–Crippen MR) is 147 cm³/mol. The minimum Gasteiger partial charge on any atom is -0.507 e. The Hall–Kier alpha value is -4.07. The maximum absolute atomic E-state index is 13.0. The molecule has 0 saturated carbocycles. The Labute approximate surface area is 221 Å². The summed E-state index contributed by atoms with van der Waals surface area (Å²) < 4.78 is 11.2. The third-order valence-corrected chi connectivity index (χ3v) is 6.39. The van der Waals surface area contributed by atoms with Crippen LogP contribution in [0.1, 0.15) is 92.7 Å². The average Bonchev–Trinajstić information content (AvgIpc) is 3.27. The van der Waals surface area contributed by atoms with Gasteiger partial charge in [-0.2, -0.15) is 0 Å². The summed E-state index contributed by atoms with van der Waals surface area (Å²) >= 11 is 0. The lowest BCUT2D eigenvalue weighted by Crippen LogP contribution is -2.16. The Kier molecular flexibility index (Phi) is 10.1. The van der Waals surface area contributed by atoms with Gasteiger partial charge in [-0.05, 0) is 62.4 Å². The molecule has 0 spiro atoms. The molecule has 0 aliphatic rings. The zero-order chi connectivity index (χ0) is 27.7. The molecule has 202 valence electrons. The number of unbranched alkanes of at least 4 members (excludes halogenated alkanes) is 3. The highest BCUT2D eigenvalue weighted by molar-refractivity contribution is 6.12.